The van der Waals surface area contributed by atoms with Crippen molar-refractivity contribution in [1.82, 2.24) is 9.88 Å². The van der Waals surface area contributed by atoms with E-state index in [1.165, 1.54) is 17.4 Å². The van der Waals surface area contributed by atoms with Crippen molar-refractivity contribution in [2.24, 2.45) is 0 Å². The zero-order valence-corrected chi connectivity index (χ0v) is 13.1. The zero-order chi connectivity index (χ0) is 13.8. The third-order valence-electron chi connectivity index (χ3n) is 2.45. The van der Waals surface area contributed by atoms with Crippen LogP contribution >= 0.6 is 35.1 Å². The maximum atomic E-state index is 10.6. The van der Waals surface area contributed by atoms with Crippen LogP contribution in [0, 0.1) is 10.1 Å². The van der Waals surface area contributed by atoms with E-state index in [1.807, 2.05) is 17.3 Å². The summed E-state index contributed by atoms with van der Waals surface area (Å²) in [5.41, 5.74) is 0.909. The molecule has 0 unspecified atom stereocenters. The Kier molecular flexibility index (Phi) is 6.50. The molecule has 0 aromatic carbocycles. The summed E-state index contributed by atoms with van der Waals surface area (Å²) in [6.45, 7) is 1.37. The molecule has 9 heteroatoms. The number of thiazole rings is 1. The summed E-state index contributed by atoms with van der Waals surface area (Å²) in [6, 6.07) is 3.22. The predicted octanol–water partition coefficient (Wildman–Crippen LogP) is 2.63. The molecule has 0 saturated heterocycles. The van der Waals surface area contributed by atoms with Gasteiger partial charge >= 0.3 is 5.00 Å². The minimum Gasteiger partial charge on any atom is -0.395 e. The molecule has 0 fully saturated rings. The topological polar surface area (TPSA) is 79.5 Å². The van der Waals surface area contributed by atoms with Crippen LogP contribution in [0.15, 0.2) is 17.5 Å². The fourth-order valence-corrected chi connectivity index (χ4v) is 3.26. The summed E-state index contributed by atoms with van der Waals surface area (Å²) in [6.07, 6.45) is 0. The molecule has 0 spiro atoms. The number of aliphatic hydroxyl groups excluding tert-OH is 1. The Morgan fingerprint density at radius 2 is 2.25 bits per heavy atom. The van der Waals surface area contributed by atoms with Gasteiger partial charge in [-0.2, -0.15) is 0 Å². The fourth-order valence-electron chi connectivity index (χ4n) is 1.56. The molecule has 0 radical (unpaired) electrons. The molecule has 2 aromatic heterocycles. The first-order chi connectivity index (χ1) is 9.10. The van der Waals surface area contributed by atoms with Crippen molar-refractivity contribution in [3.63, 3.8) is 0 Å². The Morgan fingerprint density at radius 3 is 2.85 bits per heavy atom. The van der Waals surface area contributed by atoms with Crippen molar-refractivity contribution in [2.45, 2.75) is 6.54 Å². The molecule has 2 rings (SSSR count). The maximum Gasteiger partial charge on any atom is 0.324 e. The Bertz CT molecular complexity index is 573. The van der Waals surface area contributed by atoms with E-state index < -0.39 is 4.92 Å². The molecule has 0 aliphatic rings. The molecular formula is C11H14ClN3O3S2. The largest absolute Gasteiger partial charge is 0.395 e. The number of hydrogen-bond acceptors (Lipinski definition) is 7. The Hall–Kier alpha value is -1.06. The zero-order valence-electron chi connectivity index (χ0n) is 10.7. The molecular weight excluding hydrogens is 322 g/mol. The molecule has 0 bridgehead atoms. The minimum atomic E-state index is -0.391. The van der Waals surface area contributed by atoms with Gasteiger partial charge in [-0.1, -0.05) is 11.3 Å². The van der Waals surface area contributed by atoms with Gasteiger partial charge in [0.05, 0.1) is 22.1 Å². The van der Waals surface area contributed by atoms with E-state index in [2.05, 4.69) is 4.98 Å². The van der Waals surface area contributed by atoms with Gasteiger partial charge in [-0.3, -0.25) is 15.0 Å². The molecule has 6 nitrogen and oxygen atoms in total. The standard InChI is InChI=1S/C11H13N3O3S2.ClH/c1-13(4-5-15)6-8-7-18-11(12-8)9-2-3-10(19-9)14(16)17;/h2-3,7,15H,4-6H2,1H3;1H. The van der Waals surface area contributed by atoms with Gasteiger partial charge in [0.25, 0.3) is 0 Å². The number of thiophene rings is 1. The van der Waals surface area contributed by atoms with Gasteiger partial charge in [0.1, 0.15) is 5.01 Å². The van der Waals surface area contributed by atoms with Gasteiger partial charge in [0, 0.05) is 24.5 Å². The van der Waals surface area contributed by atoms with E-state index in [0.717, 1.165) is 26.9 Å². The highest BCUT2D eigenvalue weighted by molar-refractivity contribution is 7.22. The highest BCUT2D eigenvalue weighted by atomic mass is 35.5. The number of rotatable bonds is 6. The first-order valence-corrected chi connectivity index (χ1v) is 7.28. The van der Waals surface area contributed by atoms with Crippen LogP contribution in [0.5, 0.6) is 0 Å². The lowest BCUT2D eigenvalue weighted by molar-refractivity contribution is -0.380. The first-order valence-electron chi connectivity index (χ1n) is 5.58. The van der Waals surface area contributed by atoms with E-state index in [-0.39, 0.29) is 24.0 Å². The Morgan fingerprint density at radius 1 is 1.50 bits per heavy atom. The van der Waals surface area contributed by atoms with Crippen LogP contribution < -0.4 is 0 Å². The Balaban J connectivity index is 0.00000200. The molecule has 0 saturated carbocycles. The fraction of sp³-hybridized carbons (Fsp3) is 0.364. The van der Waals surface area contributed by atoms with Crippen molar-refractivity contribution >= 4 is 40.1 Å². The quantitative estimate of drug-likeness (QED) is 0.648. The maximum absolute atomic E-state index is 10.6. The van der Waals surface area contributed by atoms with Crippen LogP contribution in [0.1, 0.15) is 5.69 Å². The van der Waals surface area contributed by atoms with Gasteiger partial charge in [0.2, 0.25) is 0 Å². The lowest BCUT2D eigenvalue weighted by atomic mass is 10.4. The number of likely N-dealkylation sites (N-methyl/N-ethyl adjacent to an activating group) is 1. The number of halogens is 1. The smallest absolute Gasteiger partial charge is 0.324 e. The molecule has 0 atom stereocenters. The molecule has 1 N–H and O–H groups in total. The number of nitrogens with zero attached hydrogens (tertiary/aromatic N) is 3. The summed E-state index contributed by atoms with van der Waals surface area (Å²) < 4.78 is 0. The summed E-state index contributed by atoms with van der Waals surface area (Å²) in [5, 5.41) is 22.3. The van der Waals surface area contributed by atoms with Crippen molar-refractivity contribution in [1.29, 1.82) is 0 Å². The first kappa shape index (κ1) is 17.0. The second-order valence-corrected chi connectivity index (χ2v) is 5.92. The lowest BCUT2D eigenvalue weighted by Gasteiger charge is -2.12. The van der Waals surface area contributed by atoms with Crippen LogP contribution in [0.2, 0.25) is 0 Å². The van der Waals surface area contributed by atoms with Crippen molar-refractivity contribution in [3.8, 4) is 9.88 Å². The number of hydrogen-bond donors (Lipinski definition) is 1. The van der Waals surface area contributed by atoms with Crippen LogP contribution in [-0.2, 0) is 6.54 Å². The third-order valence-corrected chi connectivity index (χ3v) is 4.55. The monoisotopic (exact) mass is 335 g/mol. The van der Waals surface area contributed by atoms with Crippen LogP contribution in [0.4, 0.5) is 5.00 Å². The normalized spacial score (nSPS) is 10.6. The highest BCUT2D eigenvalue weighted by Gasteiger charge is 2.14. The molecule has 2 aromatic rings. The van der Waals surface area contributed by atoms with Crippen molar-refractivity contribution < 1.29 is 10.0 Å². The molecule has 0 aliphatic carbocycles. The third kappa shape index (κ3) is 4.22. The minimum absolute atomic E-state index is 0. The van der Waals surface area contributed by atoms with Crippen molar-refractivity contribution in [3.05, 3.63) is 33.3 Å². The lowest BCUT2D eigenvalue weighted by Crippen LogP contribution is -2.21. The molecule has 20 heavy (non-hydrogen) atoms. The van der Waals surface area contributed by atoms with Gasteiger partial charge in [-0.05, 0) is 13.1 Å². The highest BCUT2D eigenvalue weighted by Crippen LogP contribution is 2.34. The number of nitro groups is 1. The van der Waals surface area contributed by atoms with E-state index >= 15 is 0 Å². The van der Waals surface area contributed by atoms with Gasteiger partial charge in [0.15, 0.2) is 0 Å². The van der Waals surface area contributed by atoms with Crippen molar-refractivity contribution in [2.75, 3.05) is 20.2 Å². The van der Waals surface area contributed by atoms with Gasteiger partial charge < -0.3 is 5.11 Å². The van der Waals surface area contributed by atoms with E-state index in [4.69, 9.17) is 5.11 Å². The second-order valence-electron chi connectivity index (χ2n) is 4.00. The molecule has 110 valence electrons. The summed E-state index contributed by atoms with van der Waals surface area (Å²) in [5.74, 6) is 0. The summed E-state index contributed by atoms with van der Waals surface area (Å²) in [7, 11) is 1.91. The SMILES string of the molecule is CN(CCO)Cc1csc(-c2ccc([N+](=O)[O-])s2)n1.Cl. The molecule has 0 amide bonds. The van der Waals surface area contributed by atoms with Gasteiger partial charge in [-0.15, -0.1) is 23.7 Å². The molecule has 0 aliphatic heterocycles. The summed E-state index contributed by atoms with van der Waals surface area (Å²) >= 11 is 2.61. The second kappa shape index (κ2) is 7.65. The average Bonchev–Trinajstić information content (AvgIpc) is 2.96. The van der Waals surface area contributed by atoms with Gasteiger partial charge in [-0.25, -0.2) is 4.98 Å². The molecule has 2 heterocycles. The van der Waals surface area contributed by atoms with E-state index in [9.17, 15) is 10.1 Å². The van der Waals surface area contributed by atoms with Crippen LogP contribution in [0.25, 0.3) is 9.88 Å². The van der Waals surface area contributed by atoms with E-state index in [1.54, 1.807) is 6.07 Å². The number of aromatic nitrogens is 1. The van der Waals surface area contributed by atoms with Crippen LogP contribution in [0.3, 0.4) is 0 Å². The average molecular weight is 336 g/mol. The number of aliphatic hydroxyl groups is 1. The predicted molar refractivity (Wildman–Crippen MR) is 82.7 cm³/mol. The Labute approximate surface area is 130 Å². The summed E-state index contributed by atoms with van der Waals surface area (Å²) in [4.78, 5) is 17.5. The van der Waals surface area contributed by atoms with Crippen LogP contribution in [-0.4, -0.2) is 40.1 Å². The van der Waals surface area contributed by atoms with E-state index in [0.29, 0.717) is 13.1 Å².